The van der Waals surface area contributed by atoms with E-state index in [1.807, 2.05) is 0 Å². The lowest BCUT2D eigenvalue weighted by atomic mass is 10.5. The second-order valence-electron chi connectivity index (χ2n) is 2.43. The maximum absolute atomic E-state index is 11.5. The molecule has 0 saturated carbocycles. The van der Waals surface area contributed by atoms with Crippen LogP contribution in [0.5, 0.6) is 0 Å². The molecule has 0 aliphatic carbocycles. The number of amides is 1. The zero-order valence-corrected chi connectivity index (χ0v) is 8.84. The summed E-state index contributed by atoms with van der Waals surface area (Å²) >= 11 is 12.2. The van der Waals surface area contributed by atoms with Gasteiger partial charge < -0.3 is 5.11 Å². The number of hydrogen-bond acceptors (Lipinski definition) is 5. The summed E-state index contributed by atoms with van der Waals surface area (Å²) in [5.41, 5.74) is 0. The van der Waals surface area contributed by atoms with Crippen LogP contribution < -0.4 is 4.90 Å². The first-order valence-corrected chi connectivity index (χ1v) is 4.99. The minimum Gasteiger partial charge on any atom is -0.368 e. The molecule has 8 heteroatoms. The van der Waals surface area contributed by atoms with Gasteiger partial charge in [-0.3, -0.25) is 4.79 Å². The van der Waals surface area contributed by atoms with Crippen molar-refractivity contribution in [2.75, 3.05) is 4.90 Å². The van der Waals surface area contributed by atoms with E-state index < -0.39 is 12.1 Å². The van der Waals surface area contributed by atoms with Crippen molar-refractivity contribution in [3.05, 3.63) is 16.4 Å². The summed E-state index contributed by atoms with van der Waals surface area (Å²) in [5, 5.41) is 9.52. The highest BCUT2D eigenvalue weighted by Crippen LogP contribution is 2.33. The second-order valence-corrected chi connectivity index (χ2v) is 3.98. The molecule has 1 amide bonds. The monoisotopic (exact) mass is 251 g/mol. The van der Waals surface area contributed by atoms with Gasteiger partial charge in [0.1, 0.15) is 11.4 Å². The molecule has 0 radical (unpaired) electrons. The fraction of sp³-hybridized carbons (Fsp3) is 0.167. The molecule has 0 aromatic carbocycles. The number of hydrogen-bond donors (Lipinski definition) is 1. The molecule has 2 heterocycles. The van der Waals surface area contributed by atoms with Crippen molar-refractivity contribution in [2.45, 2.75) is 6.23 Å². The molecular weight excluding hydrogens is 249 g/mol. The van der Waals surface area contributed by atoms with Crippen LogP contribution in [0.4, 0.5) is 5.13 Å². The molecule has 1 atom stereocenters. The van der Waals surface area contributed by atoms with E-state index in [9.17, 15) is 9.90 Å². The fourth-order valence-corrected chi connectivity index (χ4v) is 1.93. The van der Waals surface area contributed by atoms with Crippen molar-refractivity contribution >= 4 is 45.8 Å². The number of carbonyl (C=O) groups is 1. The molecule has 5 nitrogen and oxygen atoms in total. The van der Waals surface area contributed by atoms with Gasteiger partial charge in [0.05, 0.1) is 5.03 Å². The lowest BCUT2D eigenvalue weighted by molar-refractivity contribution is -0.115. The van der Waals surface area contributed by atoms with E-state index in [-0.39, 0.29) is 15.2 Å². The highest BCUT2D eigenvalue weighted by molar-refractivity contribution is 7.09. The van der Waals surface area contributed by atoms with Crippen LogP contribution in [0.3, 0.4) is 0 Å². The average molecular weight is 252 g/mol. The zero-order chi connectivity index (χ0) is 10.3. The third-order valence-corrected chi connectivity index (χ3v) is 3.15. The Kier molecular flexibility index (Phi) is 2.44. The summed E-state index contributed by atoms with van der Waals surface area (Å²) in [7, 11) is 0. The number of aliphatic hydroxyl groups is 1. The molecule has 1 aromatic heterocycles. The Morgan fingerprint density at radius 1 is 1.57 bits per heavy atom. The summed E-state index contributed by atoms with van der Waals surface area (Å²) in [5.74, 6) is -0.569. The van der Waals surface area contributed by atoms with E-state index in [4.69, 9.17) is 23.2 Å². The van der Waals surface area contributed by atoms with Crippen LogP contribution in [-0.4, -0.2) is 26.6 Å². The van der Waals surface area contributed by atoms with E-state index in [1.54, 1.807) is 0 Å². The third kappa shape index (κ3) is 1.31. The third-order valence-electron chi connectivity index (χ3n) is 1.64. The molecule has 1 N–H and O–H groups in total. The van der Waals surface area contributed by atoms with Crippen LogP contribution in [0.25, 0.3) is 0 Å². The van der Waals surface area contributed by atoms with Crippen LogP contribution in [0, 0.1) is 0 Å². The van der Waals surface area contributed by atoms with Crippen LogP contribution >= 0.6 is 34.7 Å². The molecule has 14 heavy (non-hydrogen) atoms. The largest absolute Gasteiger partial charge is 0.368 e. The van der Waals surface area contributed by atoms with E-state index in [1.165, 1.54) is 6.33 Å². The number of aliphatic hydroxyl groups excluding tert-OH is 1. The van der Waals surface area contributed by atoms with E-state index in [2.05, 4.69) is 9.36 Å². The number of rotatable bonds is 1. The molecule has 0 bridgehead atoms. The fourth-order valence-electron chi connectivity index (χ4n) is 1.01. The maximum atomic E-state index is 11.5. The molecular formula is C6H3Cl2N3O2S. The molecule has 0 fully saturated rings. The Balaban J connectivity index is 2.39. The average Bonchev–Trinajstić information content (AvgIpc) is 2.73. The summed E-state index contributed by atoms with van der Waals surface area (Å²) in [6.07, 6.45) is 0.0183. The summed E-state index contributed by atoms with van der Waals surface area (Å²) in [6, 6.07) is 0. The van der Waals surface area contributed by atoms with Gasteiger partial charge in [-0.25, -0.2) is 9.88 Å². The number of aromatic nitrogens is 2. The minimum absolute atomic E-state index is 0.0909. The summed E-state index contributed by atoms with van der Waals surface area (Å²) in [4.78, 5) is 16.2. The molecule has 1 aliphatic rings. The van der Waals surface area contributed by atoms with Gasteiger partial charge in [-0.2, -0.15) is 4.37 Å². The van der Waals surface area contributed by atoms with Gasteiger partial charge in [0.25, 0.3) is 5.91 Å². The van der Waals surface area contributed by atoms with E-state index in [0.29, 0.717) is 0 Å². The van der Waals surface area contributed by atoms with Crippen LogP contribution in [0.1, 0.15) is 0 Å². The van der Waals surface area contributed by atoms with Gasteiger partial charge >= 0.3 is 0 Å². The number of halogens is 2. The first kappa shape index (κ1) is 9.85. The predicted octanol–water partition coefficient (Wildman–Crippen LogP) is 0.892. The van der Waals surface area contributed by atoms with Gasteiger partial charge in [0, 0.05) is 11.5 Å². The van der Waals surface area contributed by atoms with Crippen LogP contribution in [0.15, 0.2) is 16.4 Å². The lowest BCUT2D eigenvalue weighted by Crippen LogP contribution is -2.34. The molecule has 1 unspecified atom stereocenters. The van der Waals surface area contributed by atoms with Gasteiger partial charge in [-0.05, 0) is 0 Å². The highest BCUT2D eigenvalue weighted by atomic mass is 35.5. The first-order valence-electron chi connectivity index (χ1n) is 3.46. The Hall–Kier alpha value is -0.690. The van der Waals surface area contributed by atoms with Crippen LogP contribution in [0.2, 0.25) is 0 Å². The van der Waals surface area contributed by atoms with Crippen molar-refractivity contribution < 1.29 is 9.90 Å². The van der Waals surface area contributed by atoms with Crippen molar-refractivity contribution in [1.82, 2.24) is 9.36 Å². The van der Waals surface area contributed by atoms with Gasteiger partial charge in [-0.15, -0.1) is 0 Å². The molecule has 1 aliphatic heterocycles. The topological polar surface area (TPSA) is 66.3 Å². The van der Waals surface area contributed by atoms with Crippen molar-refractivity contribution in [3.63, 3.8) is 0 Å². The van der Waals surface area contributed by atoms with Gasteiger partial charge in [0.2, 0.25) is 5.13 Å². The van der Waals surface area contributed by atoms with Gasteiger partial charge in [0.15, 0.2) is 6.23 Å². The standard InChI is InChI=1S/C6H3Cl2N3O2S/c7-2-3(8)5(13)11(4(2)12)6-9-1-10-14-6/h1,4,12H. The van der Waals surface area contributed by atoms with Gasteiger partial charge in [-0.1, -0.05) is 23.2 Å². The molecule has 1 aromatic rings. The second kappa shape index (κ2) is 3.47. The minimum atomic E-state index is -1.26. The number of anilines is 1. The predicted molar refractivity (Wildman–Crippen MR) is 52.1 cm³/mol. The first-order chi connectivity index (χ1) is 6.63. The normalized spacial score (nSPS) is 22.4. The molecule has 74 valence electrons. The Morgan fingerprint density at radius 3 is 2.71 bits per heavy atom. The SMILES string of the molecule is O=C1C(Cl)=C(Cl)C(O)N1c1ncns1. The van der Waals surface area contributed by atoms with E-state index in [0.717, 1.165) is 16.4 Å². The zero-order valence-electron chi connectivity index (χ0n) is 6.52. The Morgan fingerprint density at radius 2 is 2.29 bits per heavy atom. The van der Waals surface area contributed by atoms with Crippen molar-refractivity contribution in [3.8, 4) is 0 Å². The van der Waals surface area contributed by atoms with Crippen LogP contribution in [-0.2, 0) is 4.79 Å². The lowest BCUT2D eigenvalue weighted by Gasteiger charge is -2.16. The highest BCUT2D eigenvalue weighted by Gasteiger charge is 2.39. The van der Waals surface area contributed by atoms with Crippen molar-refractivity contribution in [1.29, 1.82) is 0 Å². The van der Waals surface area contributed by atoms with Crippen molar-refractivity contribution in [2.24, 2.45) is 0 Å². The number of carbonyl (C=O) groups excluding carboxylic acids is 1. The molecule has 2 rings (SSSR count). The Bertz CT molecular complexity index is 405. The smallest absolute Gasteiger partial charge is 0.275 e. The van der Waals surface area contributed by atoms with E-state index >= 15 is 0 Å². The molecule has 0 saturated heterocycles. The maximum Gasteiger partial charge on any atom is 0.275 e. The summed E-state index contributed by atoms with van der Waals surface area (Å²) < 4.78 is 3.71. The Labute approximate surface area is 92.7 Å². The molecule has 0 spiro atoms. The summed E-state index contributed by atoms with van der Waals surface area (Å²) in [6.45, 7) is 0. The number of nitrogens with zero attached hydrogens (tertiary/aromatic N) is 3. The quantitative estimate of drug-likeness (QED) is 0.806.